The molecule has 1 unspecified atom stereocenters. The first kappa shape index (κ1) is 26.1. The highest BCUT2D eigenvalue weighted by molar-refractivity contribution is 6.00. The molecule has 2 aromatic carbocycles. The molecular formula is C27H34O6. The second kappa shape index (κ2) is 10.6. The van der Waals surface area contributed by atoms with Gasteiger partial charge in [-0.25, -0.2) is 0 Å². The fraction of sp³-hybridized carbons (Fsp3) is 0.444. The van der Waals surface area contributed by atoms with Gasteiger partial charge < -0.3 is 14.2 Å². The molecule has 0 heterocycles. The summed E-state index contributed by atoms with van der Waals surface area (Å²) >= 11 is 0. The molecule has 0 spiro atoms. The topological polar surface area (TPSA) is 78.9 Å². The van der Waals surface area contributed by atoms with E-state index in [1.165, 1.54) is 0 Å². The molecule has 0 fully saturated rings. The van der Waals surface area contributed by atoms with E-state index in [1.807, 2.05) is 6.07 Å². The van der Waals surface area contributed by atoms with Crippen LogP contribution in [0.4, 0.5) is 0 Å². The van der Waals surface area contributed by atoms with Crippen LogP contribution in [-0.2, 0) is 19.1 Å². The normalized spacial score (nSPS) is 12.7. The second-order valence-corrected chi connectivity index (χ2v) is 9.92. The molecule has 0 aromatic heterocycles. The summed E-state index contributed by atoms with van der Waals surface area (Å²) in [6, 6.07) is 15.8. The summed E-state index contributed by atoms with van der Waals surface area (Å²) < 4.78 is 16.4. The lowest BCUT2D eigenvalue weighted by atomic mass is 9.81. The van der Waals surface area contributed by atoms with E-state index in [0.717, 1.165) is 0 Å². The maximum atomic E-state index is 13.3. The number of benzene rings is 2. The van der Waals surface area contributed by atoms with E-state index in [4.69, 9.17) is 14.2 Å². The van der Waals surface area contributed by atoms with Crippen LogP contribution in [0, 0.1) is 5.92 Å². The number of rotatable bonds is 8. The molecular weight excluding hydrogens is 420 g/mol. The molecule has 0 saturated heterocycles. The number of Topliss-reactive ketones (excluding diaryl/α,β-unsaturated/α-hetero) is 1. The van der Waals surface area contributed by atoms with Gasteiger partial charge in [0, 0.05) is 17.9 Å². The smallest absolute Gasteiger partial charge is 0.321 e. The van der Waals surface area contributed by atoms with Gasteiger partial charge in [0.05, 0.1) is 7.11 Å². The van der Waals surface area contributed by atoms with Crippen molar-refractivity contribution in [2.45, 2.75) is 65.1 Å². The first-order valence-electron chi connectivity index (χ1n) is 11.0. The lowest BCUT2D eigenvalue weighted by Gasteiger charge is -2.30. The minimum atomic E-state index is -1.32. The molecule has 0 aliphatic carbocycles. The SMILES string of the molecule is COc1ccc(C(CC(=O)c2ccccc2)C(C(=O)OC(C)(C)C)C(=O)OC(C)(C)C)cc1. The number of esters is 2. The van der Waals surface area contributed by atoms with Crippen molar-refractivity contribution in [3.05, 3.63) is 65.7 Å². The van der Waals surface area contributed by atoms with E-state index in [2.05, 4.69) is 0 Å². The van der Waals surface area contributed by atoms with E-state index in [1.54, 1.807) is 97.2 Å². The van der Waals surface area contributed by atoms with Crippen molar-refractivity contribution >= 4 is 17.7 Å². The maximum absolute atomic E-state index is 13.3. The zero-order valence-electron chi connectivity index (χ0n) is 20.5. The fourth-order valence-corrected chi connectivity index (χ4v) is 3.38. The highest BCUT2D eigenvalue weighted by atomic mass is 16.6. The standard InChI is InChI=1S/C27H34O6/c1-26(2,3)32-24(29)23(25(30)33-27(4,5)6)21(18-13-15-20(31-7)16-14-18)17-22(28)19-11-9-8-10-12-19/h8-16,21,23H,17H2,1-7H3. The van der Waals surface area contributed by atoms with Crippen LogP contribution >= 0.6 is 0 Å². The molecule has 0 aliphatic rings. The Morgan fingerprint density at radius 1 is 0.758 bits per heavy atom. The van der Waals surface area contributed by atoms with E-state index in [-0.39, 0.29) is 12.2 Å². The highest BCUT2D eigenvalue weighted by Crippen LogP contribution is 2.34. The van der Waals surface area contributed by atoms with Gasteiger partial charge in [-0.15, -0.1) is 0 Å². The lowest BCUT2D eigenvalue weighted by molar-refractivity contribution is -0.175. The number of methoxy groups -OCH3 is 1. The minimum absolute atomic E-state index is 0.0699. The van der Waals surface area contributed by atoms with Gasteiger partial charge in [0.1, 0.15) is 17.0 Å². The maximum Gasteiger partial charge on any atom is 0.321 e. The molecule has 0 amide bonds. The fourth-order valence-electron chi connectivity index (χ4n) is 3.38. The average Bonchev–Trinajstić information content (AvgIpc) is 2.71. The predicted octanol–water partition coefficient (Wildman–Crippen LogP) is 5.35. The Hall–Kier alpha value is -3.15. The number of ketones is 1. The summed E-state index contributed by atoms with van der Waals surface area (Å²) in [7, 11) is 1.55. The first-order chi connectivity index (χ1) is 15.3. The van der Waals surface area contributed by atoms with Gasteiger partial charge in [0.2, 0.25) is 0 Å². The molecule has 0 bridgehead atoms. The van der Waals surface area contributed by atoms with Crippen LogP contribution in [0.3, 0.4) is 0 Å². The van der Waals surface area contributed by atoms with E-state index in [9.17, 15) is 14.4 Å². The van der Waals surface area contributed by atoms with Gasteiger partial charge in [0.25, 0.3) is 0 Å². The lowest BCUT2D eigenvalue weighted by Crippen LogP contribution is -2.40. The Bertz CT molecular complexity index is 921. The van der Waals surface area contributed by atoms with E-state index in [0.29, 0.717) is 16.9 Å². The molecule has 6 nitrogen and oxygen atoms in total. The number of carbonyl (C=O) groups is 3. The zero-order valence-corrected chi connectivity index (χ0v) is 20.5. The first-order valence-corrected chi connectivity index (χ1v) is 11.0. The summed E-state index contributed by atoms with van der Waals surface area (Å²) in [4.78, 5) is 39.7. The van der Waals surface area contributed by atoms with Crippen LogP contribution in [-0.4, -0.2) is 36.0 Å². The van der Waals surface area contributed by atoms with Crippen LogP contribution in [0.2, 0.25) is 0 Å². The third-order valence-corrected chi connectivity index (χ3v) is 4.77. The average molecular weight is 455 g/mol. The van der Waals surface area contributed by atoms with Crippen LogP contribution in [0.5, 0.6) is 5.75 Å². The van der Waals surface area contributed by atoms with Crippen molar-refractivity contribution in [1.29, 1.82) is 0 Å². The van der Waals surface area contributed by atoms with Crippen molar-refractivity contribution in [2.75, 3.05) is 7.11 Å². The Kier molecular flexibility index (Phi) is 8.42. The molecule has 6 heteroatoms. The third-order valence-electron chi connectivity index (χ3n) is 4.77. The Morgan fingerprint density at radius 2 is 1.24 bits per heavy atom. The molecule has 0 radical (unpaired) electrons. The van der Waals surface area contributed by atoms with Gasteiger partial charge in [0.15, 0.2) is 11.7 Å². The predicted molar refractivity (Wildman–Crippen MR) is 126 cm³/mol. The number of ether oxygens (including phenoxy) is 3. The molecule has 0 N–H and O–H groups in total. The summed E-state index contributed by atoms with van der Waals surface area (Å²) in [5.74, 6) is -3.11. The zero-order chi connectivity index (χ0) is 24.8. The summed E-state index contributed by atoms with van der Waals surface area (Å²) in [5.41, 5.74) is -0.485. The van der Waals surface area contributed by atoms with Gasteiger partial charge >= 0.3 is 11.9 Å². The third kappa shape index (κ3) is 8.04. The Balaban J connectivity index is 2.54. The Labute approximate surface area is 196 Å². The van der Waals surface area contributed by atoms with Gasteiger partial charge in [-0.2, -0.15) is 0 Å². The molecule has 178 valence electrons. The van der Waals surface area contributed by atoms with Gasteiger partial charge in [-0.3, -0.25) is 14.4 Å². The second-order valence-electron chi connectivity index (χ2n) is 9.92. The van der Waals surface area contributed by atoms with Crippen molar-refractivity contribution in [1.82, 2.24) is 0 Å². The number of hydrogen-bond donors (Lipinski definition) is 0. The molecule has 2 rings (SSSR count). The summed E-state index contributed by atoms with van der Waals surface area (Å²) in [6.07, 6.45) is -0.0699. The molecule has 33 heavy (non-hydrogen) atoms. The summed E-state index contributed by atoms with van der Waals surface area (Å²) in [6.45, 7) is 10.4. The Morgan fingerprint density at radius 3 is 1.67 bits per heavy atom. The quantitative estimate of drug-likeness (QED) is 0.304. The monoisotopic (exact) mass is 454 g/mol. The minimum Gasteiger partial charge on any atom is -0.497 e. The van der Waals surface area contributed by atoms with Crippen molar-refractivity contribution < 1.29 is 28.6 Å². The van der Waals surface area contributed by atoms with Crippen molar-refractivity contribution in [2.24, 2.45) is 5.92 Å². The number of hydrogen-bond acceptors (Lipinski definition) is 6. The van der Waals surface area contributed by atoms with Crippen LogP contribution < -0.4 is 4.74 Å². The highest BCUT2D eigenvalue weighted by Gasteiger charge is 2.42. The number of carbonyl (C=O) groups excluding carboxylic acids is 3. The molecule has 0 saturated carbocycles. The summed E-state index contributed by atoms with van der Waals surface area (Å²) in [5, 5.41) is 0. The molecule has 0 aliphatic heterocycles. The largest absolute Gasteiger partial charge is 0.497 e. The van der Waals surface area contributed by atoms with Gasteiger partial charge in [-0.05, 0) is 59.2 Å². The van der Waals surface area contributed by atoms with Gasteiger partial charge in [-0.1, -0.05) is 42.5 Å². The molecule has 1 atom stereocenters. The van der Waals surface area contributed by atoms with Crippen molar-refractivity contribution in [3.8, 4) is 5.75 Å². The van der Waals surface area contributed by atoms with Crippen LogP contribution in [0.15, 0.2) is 54.6 Å². The van der Waals surface area contributed by atoms with Crippen molar-refractivity contribution in [3.63, 3.8) is 0 Å². The van der Waals surface area contributed by atoms with E-state index >= 15 is 0 Å². The van der Waals surface area contributed by atoms with Crippen LogP contribution in [0.25, 0.3) is 0 Å². The molecule has 2 aromatic rings. The van der Waals surface area contributed by atoms with E-state index < -0.39 is 35.0 Å². The van der Waals surface area contributed by atoms with Crippen LogP contribution in [0.1, 0.15) is 69.8 Å².